The van der Waals surface area contributed by atoms with Crippen LogP contribution in [0.2, 0.25) is 5.02 Å². The number of hydrogen-bond donors (Lipinski definition) is 1. The summed E-state index contributed by atoms with van der Waals surface area (Å²) in [4.78, 5) is 0. The highest BCUT2D eigenvalue weighted by molar-refractivity contribution is 6.30. The Morgan fingerprint density at radius 3 is 2.40 bits per heavy atom. The fourth-order valence-corrected chi connectivity index (χ4v) is 1.74. The average molecular weight is 227 g/mol. The normalized spacial score (nSPS) is 12.7. The molecule has 0 aliphatic carbocycles. The third-order valence-corrected chi connectivity index (χ3v) is 2.84. The first-order valence-electron chi connectivity index (χ1n) is 5.67. The number of rotatable bonds is 6. The minimum atomic E-state index is -0.334. The first kappa shape index (κ1) is 12.5. The van der Waals surface area contributed by atoms with E-state index in [-0.39, 0.29) is 6.10 Å². The minimum absolute atomic E-state index is 0.334. The van der Waals surface area contributed by atoms with Gasteiger partial charge >= 0.3 is 0 Å². The van der Waals surface area contributed by atoms with Gasteiger partial charge in [-0.2, -0.15) is 0 Å². The molecule has 1 aromatic rings. The lowest BCUT2D eigenvalue weighted by Crippen LogP contribution is -1.96. The van der Waals surface area contributed by atoms with E-state index in [0.29, 0.717) is 0 Å². The second-order valence-corrected chi connectivity index (χ2v) is 4.35. The maximum Gasteiger partial charge on any atom is 0.0790 e. The highest BCUT2D eigenvalue weighted by Gasteiger charge is 2.06. The van der Waals surface area contributed by atoms with Gasteiger partial charge in [0.05, 0.1) is 6.10 Å². The van der Waals surface area contributed by atoms with E-state index in [2.05, 4.69) is 6.92 Å². The van der Waals surface area contributed by atoms with Crippen LogP contribution in [0.5, 0.6) is 0 Å². The van der Waals surface area contributed by atoms with E-state index >= 15 is 0 Å². The summed E-state index contributed by atoms with van der Waals surface area (Å²) in [6.45, 7) is 2.19. The molecule has 0 aliphatic heterocycles. The molecule has 0 aliphatic rings. The van der Waals surface area contributed by atoms with Gasteiger partial charge in [0, 0.05) is 5.02 Å². The van der Waals surface area contributed by atoms with E-state index in [9.17, 15) is 5.11 Å². The summed E-state index contributed by atoms with van der Waals surface area (Å²) in [5.74, 6) is 0. The van der Waals surface area contributed by atoms with Gasteiger partial charge in [0.1, 0.15) is 0 Å². The topological polar surface area (TPSA) is 20.2 Å². The standard InChI is InChI=1S/C13H19ClO/c1-2-3-4-5-6-13(15)11-7-9-12(14)10-8-11/h7-10,13,15H,2-6H2,1H3/t13-/m1/s1. The number of hydrogen-bond acceptors (Lipinski definition) is 1. The molecule has 84 valence electrons. The van der Waals surface area contributed by atoms with E-state index in [1.807, 2.05) is 24.3 Å². The van der Waals surface area contributed by atoms with Crippen LogP contribution in [0.25, 0.3) is 0 Å². The van der Waals surface area contributed by atoms with Crippen molar-refractivity contribution in [2.24, 2.45) is 0 Å². The summed E-state index contributed by atoms with van der Waals surface area (Å²) in [6.07, 6.45) is 5.31. The zero-order valence-corrected chi connectivity index (χ0v) is 10.0. The Kier molecular flexibility index (Phi) is 5.74. The molecule has 0 fully saturated rings. The molecule has 0 bridgehead atoms. The second kappa shape index (κ2) is 6.86. The lowest BCUT2D eigenvalue weighted by atomic mass is 10.0. The molecular weight excluding hydrogens is 208 g/mol. The van der Waals surface area contributed by atoms with Crippen LogP contribution in [-0.4, -0.2) is 5.11 Å². The monoisotopic (exact) mass is 226 g/mol. The second-order valence-electron chi connectivity index (χ2n) is 3.92. The van der Waals surface area contributed by atoms with E-state index < -0.39 is 0 Å². The van der Waals surface area contributed by atoms with Gasteiger partial charge in [-0.1, -0.05) is 56.3 Å². The van der Waals surface area contributed by atoms with Gasteiger partial charge < -0.3 is 5.11 Å². The van der Waals surface area contributed by atoms with Gasteiger partial charge in [0.15, 0.2) is 0 Å². The lowest BCUT2D eigenvalue weighted by molar-refractivity contribution is 0.163. The molecule has 0 amide bonds. The predicted octanol–water partition coefficient (Wildman–Crippen LogP) is 4.34. The number of unbranched alkanes of at least 4 members (excludes halogenated alkanes) is 3. The Morgan fingerprint density at radius 2 is 1.80 bits per heavy atom. The summed E-state index contributed by atoms with van der Waals surface area (Å²) in [5, 5.41) is 10.6. The van der Waals surface area contributed by atoms with Crippen molar-refractivity contribution >= 4 is 11.6 Å². The van der Waals surface area contributed by atoms with Crippen LogP contribution < -0.4 is 0 Å². The highest BCUT2D eigenvalue weighted by Crippen LogP contribution is 2.21. The van der Waals surface area contributed by atoms with Gasteiger partial charge in [-0.3, -0.25) is 0 Å². The van der Waals surface area contributed by atoms with Crippen molar-refractivity contribution in [2.45, 2.75) is 45.1 Å². The van der Waals surface area contributed by atoms with Crippen LogP contribution in [0.4, 0.5) is 0 Å². The van der Waals surface area contributed by atoms with Crippen LogP contribution in [0.15, 0.2) is 24.3 Å². The van der Waals surface area contributed by atoms with Gasteiger partial charge in [-0.25, -0.2) is 0 Å². The average Bonchev–Trinajstić information content (AvgIpc) is 2.25. The molecule has 1 N–H and O–H groups in total. The maximum atomic E-state index is 9.87. The molecule has 1 aromatic carbocycles. The molecule has 1 rings (SSSR count). The van der Waals surface area contributed by atoms with E-state index in [1.165, 1.54) is 19.3 Å². The Morgan fingerprint density at radius 1 is 1.13 bits per heavy atom. The molecule has 0 spiro atoms. The molecular formula is C13H19ClO. The third-order valence-electron chi connectivity index (χ3n) is 2.59. The molecule has 0 heterocycles. The molecule has 0 unspecified atom stereocenters. The molecule has 2 heteroatoms. The molecule has 1 nitrogen and oxygen atoms in total. The van der Waals surface area contributed by atoms with Gasteiger partial charge in [-0.15, -0.1) is 0 Å². The number of benzene rings is 1. The van der Waals surface area contributed by atoms with Crippen molar-refractivity contribution in [3.05, 3.63) is 34.9 Å². The van der Waals surface area contributed by atoms with Crippen molar-refractivity contribution in [1.29, 1.82) is 0 Å². The number of halogens is 1. The smallest absolute Gasteiger partial charge is 0.0790 e. The summed E-state index contributed by atoms with van der Waals surface area (Å²) in [5.41, 5.74) is 0.968. The fourth-order valence-electron chi connectivity index (χ4n) is 1.62. The minimum Gasteiger partial charge on any atom is -0.388 e. The van der Waals surface area contributed by atoms with Crippen LogP contribution in [0.1, 0.15) is 50.7 Å². The van der Waals surface area contributed by atoms with Crippen molar-refractivity contribution in [1.82, 2.24) is 0 Å². The van der Waals surface area contributed by atoms with Gasteiger partial charge in [0.2, 0.25) is 0 Å². The molecule has 0 saturated heterocycles. The Labute approximate surface area is 97.1 Å². The van der Waals surface area contributed by atoms with E-state index in [1.54, 1.807) is 0 Å². The van der Waals surface area contributed by atoms with Crippen molar-refractivity contribution < 1.29 is 5.11 Å². The molecule has 1 atom stereocenters. The maximum absolute atomic E-state index is 9.87. The van der Waals surface area contributed by atoms with Crippen LogP contribution in [0.3, 0.4) is 0 Å². The van der Waals surface area contributed by atoms with Gasteiger partial charge in [0.25, 0.3) is 0 Å². The van der Waals surface area contributed by atoms with Gasteiger partial charge in [-0.05, 0) is 24.1 Å². The SMILES string of the molecule is CCCCCC[C@@H](O)c1ccc(Cl)cc1. The fraction of sp³-hybridized carbons (Fsp3) is 0.538. The van der Waals surface area contributed by atoms with Crippen LogP contribution in [-0.2, 0) is 0 Å². The lowest BCUT2D eigenvalue weighted by Gasteiger charge is -2.10. The predicted molar refractivity (Wildman–Crippen MR) is 65.2 cm³/mol. The first-order chi connectivity index (χ1) is 7.24. The molecule has 0 radical (unpaired) electrons. The van der Waals surface area contributed by atoms with Crippen LogP contribution in [0, 0.1) is 0 Å². The van der Waals surface area contributed by atoms with Crippen molar-refractivity contribution in [3.8, 4) is 0 Å². The Balaban J connectivity index is 2.33. The highest BCUT2D eigenvalue weighted by atomic mass is 35.5. The van der Waals surface area contributed by atoms with E-state index in [0.717, 1.165) is 23.4 Å². The molecule has 0 saturated carbocycles. The quantitative estimate of drug-likeness (QED) is 0.716. The van der Waals surface area contributed by atoms with Crippen molar-refractivity contribution in [2.75, 3.05) is 0 Å². The molecule has 15 heavy (non-hydrogen) atoms. The van der Waals surface area contributed by atoms with Crippen molar-refractivity contribution in [3.63, 3.8) is 0 Å². The zero-order chi connectivity index (χ0) is 11.1. The van der Waals surface area contributed by atoms with Crippen LogP contribution >= 0.6 is 11.6 Å². The zero-order valence-electron chi connectivity index (χ0n) is 9.25. The largest absolute Gasteiger partial charge is 0.388 e. The number of aliphatic hydroxyl groups excluding tert-OH is 1. The summed E-state index contributed by atoms with van der Waals surface area (Å²) < 4.78 is 0. The summed E-state index contributed by atoms with van der Waals surface area (Å²) in [7, 11) is 0. The summed E-state index contributed by atoms with van der Waals surface area (Å²) >= 11 is 5.78. The molecule has 0 aromatic heterocycles. The Bertz CT molecular complexity index is 268. The Hall–Kier alpha value is -0.530. The third kappa shape index (κ3) is 4.67. The first-order valence-corrected chi connectivity index (χ1v) is 6.05. The summed E-state index contributed by atoms with van der Waals surface area (Å²) in [6, 6.07) is 7.44. The number of aliphatic hydroxyl groups is 1. The van der Waals surface area contributed by atoms with E-state index in [4.69, 9.17) is 11.6 Å².